The number of benzene rings is 1. The second-order valence-electron chi connectivity index (χ2n) is 8.94. The number of H-pyrrole nitrogens is 1. The number of aromatic amines is 1. The molecule has 29 heavy (non-hydrogen) atoms. The third-order valence-electron chi connectivity index (χ3n) is 5.52. The van der Waals surface area contributed by atoms with E-state index in [1.54, 1.807) is 11.0 Å². The van der Waals surface area contributed by atoms with Crippen molar-refractivity contribution < 1.29 is 13.9 Å². The molecule has 0 atom stereocenters. The van der Waals surface area contributed by atoms with Crippen molar-refractivity contribution in [1.29, 1.82) is 0 Å². The summed E-state index contributed by atoms with van der Waals surface area (Å²) in [6, 6.07) is 6.50. The maximum atomic E-state index is 13.7. The number of aryl methyl sites for hydroxylation is 1. The second kappa shape index (κ2) is 6.97. The molecular weight excluding hydrogens is 373 g/mol. The van der Waals surface area contributed by atoms with Gasteiger partial charge in [-0.15, -0.1) is 0 Å². The molecule has 2 aliphatic rings. The molecule has 1 aliphatic heterocycles. The Labute approximate surface area is 169 Å². The number of halogens is 1. The molecule has 1 saturated carbocycles. The molecule has 1 N–H and O–H groups in total. The molecule has 1 fully saturated rings. The van der Waals surface area contributed by atoms with Crippen molar-refractivity contribution >= 4 is 6.09 Å². The maximum absolute atomic E-state index is 13.7. The molecule has 154 valence electrons. The van der Waals surface area contributed by atoms with Gasteiger partial charge in [-0.1, -0.05) is 12.1 Å². The van der Waals surface area contributed by atoms with Crippen molar-refractivity contribution in [3.05, 3.63) is 63.1 Å². The second-order valence-corrected chi connectivity index (χ2v) is 8.94. The minimum Gasteiger partial charge on any atom is -0.444 e. The predicted octanol–water partition coefficient (Wildman–Crippen LogP) is 3.67. The number of ether oxygens (including phenoxy) is 1. The van der Waals surface area contributed by atoms with Crippen molar-refractivity contribution in [3.63, 3.8) is 0 Å². The zero-order valence-electron chi connectivity index (χ0n) is 17.0. The van der Waals surface area contributed by atoms with E-state index in [4.69, 9.17) is 9.72 Å². The van der Waals surface area contributed by atoms with Crippen LogP contribution in [0.4, 0.5) is 9.18 Å². The molecule has 1 amide bonds. The summed E-state index contributed by atoms with van der Waals surface area (Å²) in [5.41, 5.74) is 0.815. The van der Waals surface area contributed by atoms with E-state index in [-0.39, 0.29) is 17.9 Å². The first kappa shape index (κ1) is 19.6. The summed E-state index contributed by atoms with van der Waals surface area (Å²) < 4.78 is 19.2. The maximum Gasteiger partial charge on any atom is 0.410 e. The first-order valence-corrected chi connectivity index (χ1v) is 10.0. The molecule has 1 aliphatic carbocycles. The van der Waals surface area contributed by atoms with Crippen LogP contribution >= 0.6 is 0 Å². The van der Waals surface area contributed by atoms with E-state index in [1.165, 1.54) is 12.1 Å². The molecule has 7 heteroatoms. The minimum absolute atomic E-state index is 0.180. The Hall–Kier alpha value is -2.70. The standard InChI is InChI=1S/C22H26FN3O3/c1-21(2,3)29-20(28)26-11-5-8-17-16(13-26)18(27)25-19(24-17)22(9-10-22)14-6-4-7-15(23)12-14/h4,6-7,12H,5,8-11,13H2,1-3H3,(H,24,25,27). The number of nitrogens with one attached hydrogen (secondary N) is 1. The summed E-state index contributed by atoms with van der Waals surface area (Å²) in [4.78, 5) is 34.7. The fraction of sp³-hybridized carbons (Fsp3) is 0.500. The summed E-state index contributed by atoms with van der Waals surface area (Å²) in [6.07, 6.45) is 2.54. The number of fused-ring (bicyclic) bond motifs is 1. The largest absolute Gasteiger partial charge is 0.444 e. The number of carbonyl (C=O) groups is 1. The molecule has 6 nitrogen and oxygen atoms in total. The first-order valence-electron chi connectivity index (χ1n) is 10.0. The van der Waals surface area contributed by atoms with Crippen LogP contribution in [-0.2, 0) is 23.1 Å². The molecule has 0 radical (unpaired) electrons. The third-order valence-corrected chi connectivity index (χ3v) is 5.52. The predicted molar refractivity (Wildman–Crippen MR) is 106 cm³/mol. The highest BCUT2D eigenvalue weighted by atomic mass is 19.1. The van der Waals surface area contributed by atoms with E-state index in [9.17, 15) is 14.0 Å². The number of hydrogen-bond donors (Lipinski definition) is 1. The van der Waals surface area contributed by atoms with Crippen molar-refractivity contribution in [2.45, 2.75) is 64.0 Å². The van der Waals surface area contributed by atoms with E-state index >= 15 is 0 Å². The monoisotopic (exact) mass is 399 g/mol. The van der Waals surface area contributed by atoms with Crippen LogP contribution in [0, 0.1) is 5.82 Å². The molecule has 2 heterocycles. The zero-order chi connectivity index (χ0) is 20.8. The molecular formula is C22H26FN3O3. The molecule has 1 aromatic carbocycles. The fourth-order valence-corrected chi connectivity index (χ4v) is 3.90. The summed E-state index contributed by atoms with van der Waals surface area (Å²) in [7, 11) is 0. The average molecular weight is 399 g/mol. The van der Waals surface area contributed by atoms with Gasteiger partial charge >= 0.3 is 6.09 Å². The highest BCUT2D eigenvalue weighted by Gasteiger charge is 2.49. The van der Waals surface area contributed by atoms with Crippen LogP contribution < -0.4 is 5.56 Å². The van der Waals surface area contributed by atoms with Crippen LogP contribution in [0.3, 0.4) is 0 Å². The van der Waals surface area contributed by atoms with Gasteiger partial charge in [0.25, 0.3) is 5.56 Å². The van der Waals surface area contributed by atoms with Crippen molar-refractivity contribution in [1.82, 2.24) is 14.9 Å². The highest BCUT2D eigenvalue weighted by Crippen LogP contribution is 2.52. The molecule has 4 rings (SSSR count). The Morgan fingerprint density at radius 1 is 1.31 bits per heavy atom. The Bertz CT molecular complexity index is 1010. The SMILES string of the molecule is CC(C)(C)OC(=O)N1CCCc2nc(C3(c4cccc(F)c4)CC3)[nH]c(=O)c2C1. The van der Waals surface area contributed by atoms with Gasteiger partial charge in [0.15, 0.2) is 0 Å². The number of rotatable bonds is 2. The van der Waals surface area contributed by atoms with Crippen molar-refractivity contribution in [3.8, 4) is 0 Å². The Morgan fingerprint density at radius 3 is 2.72 bits per heavy atom. The summed E-state index contributed by atoms with van der Waals surface area (Å²) >= 11 is 0. The summed E-state index contributed by atoms with van der Waals surface area (Å²) in [6.45, 7) is 6.14. The molecule has 0 bridgehead atoms. The smallest absolute Gasteiger partial charge is 0.410 e. The molecule has 0 unspecified atom stereocenters. The van der Waals surface area contributed by atoms with Crippen molar-refractivity contribution in [2.24, 2.45) is 0 Å². The van der Waals surface area contributed by atoms with Gasteiger partial charge in [-0.05, 0) is 64.2 Å². The van der Waals surface area contributed by atoms with E-state index in [1.807, 2.05) is 26.8 Å². The van der Waals surface area contributed by atoms with Gasteiger partial charge in [-0.3, -0.25) is 4.79 Å². The number of hydrogen-bond acceptors (Lipinski definition) is 4. The lowest BCUT2D eigenvalue weighted by Gasteiger charge is -2.26. The van der Waals surface area contributed by atoms with Crippen LogP contribution in [0.5, 0.6) is 0 Å². The third kappa shape index (κ3) is 3.91. The van der Waals surface area contributed by atoms with Crippen molar-refractivity contribution in [2.75, 3.05) is 6.54 Å². The van der Waals surface area contributed by atoms with E-state index < -0.39 is 17.1 Å². The fourth-order valence-electron chi connectivity index (χ4n) is 3.90. The minimum atomic E-state index is -0.593. The first-order chi connectivity index (χ1) is 13.7. The van der Waals surface area contributed by atoms with Gasteiger partial charge in [0.05, 0.1) is 23.2 Å². The topological polar surface area (TPSA) is 75.3 Å². The Balaban J connectivity index is 1.65. The number of aromatic nitrogens is 2. The summed E-state index contributed by atoms with van der Waals surface area (Å²) in [5, 5.41) is 0. The summed E-state index contributed by atoms with van der Waals surface area (Å²) in [5.74, 6) is 0.302. The van der Waals surface area contributed by atoms with Gasteiger partial charge in [0.1, 0.15) is 17.2 Å². The lowest BCUT2D eigenvalue weighted by Crippen LogP contribution is -2.37. The Kier molecular flexibility index (Phi) is 4.71. The van der Waals surface area contributed by atoms with E-state index in [0.717, 1.165) is 24.1 Å². The van der Waals surface area contributed by atoms with Crippen LogP contribution in [0.15, 0.2) is 29.1 Å². The van der Waals surface area contributed by atoms with E-state index in [0.29, 0.717) is 30.8 Å². The average Bonchev–Trinajstić information content (AvgIpc) is 3.44. The van der Waals surface area contributed by atoms with E-state index in [2.05, 4.69) is 4.98 Å². The molecule has 2 aromatic rings. The van der Waals surface area contributed by atoms with Gasteiger partial charge in [0.2, 0.25) is 0 Å². The van der Waals surface area contributed by atoms with Gasteiger partial charge in [0, 0.05) is 6.54 Å². The van der Waals surface area contributed by atoms with Crippen LogP contribution in [0.25, 0.3) is 0 Å². The van der Waals surface area contributed by atoms with Crippen LogP contribution in [0.2, 0.25) is 0 Å². The highest BCUT2D eigenvalue weighted by molar-refractivity contribution is 5.68. The number of nitrogens with zero attached hydrogens (tertiary/aromatic N) is 2. The van der Waals surface area contributed by atoms with Gasteiger partial charge in [-0.2, -0.15) is 0 Å². The lowest BCUT2D eigenvalue weighted by atomic mass is 9.94. The number of amides is 1. The quantitative estimate of drug-likeness (QED) is 0.836. The Morgan fingerprint density at radius 2 is 2.07 bits per heavy atom. The van der Waals surface area contributed by atoms with Crippen LogP contribution in [0.1, 0.15) is 62.7 Å². The molecule has 0 saturated heterocycles. The van der Waals surface area contributed by atoms with Gasteiger partial charge < -0.3 is 14.6 Å². The molecule has 1 aromatic heterocycles. The lowest BCUT2D eigenvalue weighted by molar-refractivity contribution is 0.0236. The number of carbonyl (C=O) groups excluding carboxylic acids is 1. The normalized spacial score (nSPS) is 18.0. The van der Waals surface area contributed by atoms with Crippen LogP contribution in [-0.4, -0.2) is 33.1 Å². The molecule has 0 spiro atoms. The van der Waals surface area contributed by atoms with Gasteiger partial charge in [-0.25, -0.2) is 14.2 Å². The zero-order valence-corrected chi connectivity index (χ0v) is 17.0.